The Morgan fingerprint density at radius 1 is 0.850 bits per heavy atom. The van der Waals surface area contributed by atoms with Gasteiger partial charge in [-0.3, -0.25) is 0 Å². The molecule has 1 aromatic rings. The van der Waals surface area contributed by atoms with Gasteiger partial charge in [-0.15, -0.1) is 0 Å². The highest BCUT2D eigenvalue weighted by atomic mass is 16.5. The summed E-state index contributed by atoms with van der Waals surface area (Å²) >= 11 is 0. The number of ether oxygens (including phenoxy) is 2. The minimum Gasteiger partial charge on any atom is -0.489 e. The highest BCUT2D eigenvalue weighted by Crippen LogP contribution is 2.24. The fourth-order valence-electron chi connectivity index (χ4n) is 2.00. The van der Waals surface area contributed by atoms with Crippen LogP contribution >= 0.6 is 0 Å². The van der Waals surface area contributed by atoms with Crippen LogP contribution in [0.1, 0.15) is 65.2 Å². The van der Waals surface area contributed by atoms with Gasteiger partial charge in [-0.25, -0.2) is 0 Å². The van der Waals surface area contributed by atoms with Crippen LogP contribution in [-0.2, 0) is 0 Å². The molecule has 0 spiro atoms. The predicted molar refractivity (Wildman–Crippen MR) is 83.4 cm³/mol. The van der Waals surface area contributed by atoms with Gasteiger partial charge in [0.1, 0.15) is 0 Å². The molecule has 0 unspecified atom stereocenters. The van der Waals surface area contributed by atoms with E-state index in [-0.39, 0.29) is 0 Å². The third-order valence-electron chi connectivity index (χ3n) is 3.23. The molecule has 0 aromatic heterocycles. The van der Waals surface area contributed by atoms with Crippen LogP contribution in [0.2, 0.25) is 0 Å². The van der Waals surface area contributed by atoms with Crippen LogP contribution in [0.25, 0.3) is 0 Å². The second kappa shape index (κ2) is 11.5. The zero-order valence-corrected chi connectivity index (χ0v) is 13.0. The lowest BCUT2D eigenvalue weighted by molar-refractivity contribution is 0.259. The second-order valence-corrected chi connectivity index (χ2v) is 5.11. The smallest absolute Gasteiger partial charge is 0.213 e. The van der Waals surface area contributed by atoms with Crippen molar-refractivity contribution in [1.82, 2.24) is 0 Å². The topological polar surface area (TPSA) is 18.5 Å². The molecule has 0 aliphatic heterocycles. The largest absolute Gasteiger partial charge is 0.489 e. The minimum atomic E-state index is 0.708. The molecule has 1 rings (SSSR count). The third-order valence-corrected chi connectivity index (χ3v) is 3.23. The summed E-state index contributed by atoms with van der Waals surface area (Å²) in [6.07, 6.45) is 9.69. The standard InChI is InChI=1S/C18H28O2/c1-3-5-7-11-15-19-17-13-9-10-14-18(17)20-16-12-8-6-4-2/h9,13H,3-8,11-12,15-16H2,1-2H3. The molecule has 0 atom stereocenters. The molecule has 112 valence electrons. The Labute approximate surface area is 124 Å². The summed E-state index contributed by atoms with van der Waals surface area (Å²) < 4.78 is 11.5. The average Bonchev–Trinajstić information content (AvgIpc) is 2.48. The molecule has 0 saturated heterocycles. The molecule has 0 heterocycles. The van der Waals surface area contributed by atoms with Gasteiger partial charge in [0.15, 0.2) is 5.75 Å². The van der Waals surface area contributed by atoms with Gasteiger partial charge in [0.2, 0.25) is 5.75 Å². The van der Waals surface area contributed by atoms with E-state index in [9.17, 15) is 0 Å². The molecule has 0 aliphatic rings. The summed E-state index contributed by atoms with van der Waals surface area (Å²) in [5.41, 5.74) is 0. The van der Waals surface area contributed by atoms with Crippen molar-refractivity contribution < 1.29 is 9.47 Å². The molecule has 0 N–H and O–H groups in total. The van der Waals surface area contributed by atoms with Crippen molar-refractivity contribution >= 4 is 0 Å². The zero-order chi connectivity index (χ0) is 14.5. The Hall–Kier alpha value is -1.36. The van der Waals surface area contributed by atoms with Crippen molar-refractivity contribution in [1.29, 1.82) is 0 Å². The maximum atomic E-state index is 5.79. The van der Waals surface area contributed by atoms with Gasteiger partial charge in [0.05, 0.1) is 13.2 Å². The van der Waals surface area contributed by atoms with Crippen LogP contribution < -0.4 is 9.47 Å². The van der Waals surface area contributed by atoms with E-state index >= 15 is 0 Å². The fourth-order valence-corrected chi connectivity index (χ4v) is 2.00. The molecule has 1 aromatic carbocycles. The van der Waals surface area contributed by atoms with Crippen molar-refractivity contribution in [3.63, 3.8) is 0 Å². The highest BCUT2D eigenvalue weighted by Gasteiger charge is 2.03. The monoisotopic (exact) mass is 276 g/mol. The first kappa shape index (κ1) is 16.7. The first-order valence-corrected chi connectivity index (χ1v) is 8.06. The van der Waals surface area contributed by atoms with E-state index in [1.165, 1.54) is 38.5 Å². The molecule has 0 amide bonds. The second-order valence-electron chi connectivity index (χ2n) is 5.11. The molecule has 0 aliphatic carbocycles. The summed E-state index contributed by atoms with van der Waals surface area (Å²) in [7, 11) is 0. The van der Waals surface area contributed by atoms with E-state index in [2.05, 4.69) is 26.0 Å². The van der Waals surface area contributed by atoms with Gasteiger partial charge >= 0.3 is 0 Å². The lowest BCUT2D eigenvalue weighted by Gasteiger charge is -2.10. The summed E-state index contributed by atoms with van der Waals surface area (Å²) in [6.45, 7) is 5.92. The molecule has 2 heteroatoms. The SMILES string of the molecule is CCCCCCOc1c#cccc1OCCCCCC. The van der Waals surface area contributed by atoms with Crippen molar-refractivity contribution in [2.24, 2.45) is 0 Å². The Bertz CT molecular complexity index is 303. The van der Waals surface area contributed by atoms with Crippen LogP contribution in [0.3, 0.4) is 0 Å². The summed E-state index contributed by atoms with van der Waals surface area (Å²) in [6, 6.07) is 9.68. The minimum absolute atomic E-state index is 0.708. The van der Waals surface area contributed by atoms with Gasteiger partial charge in [0.25, 0.3) is 0 Å². The van der Waals surface area contributed by atoms with E-state index in [1.807, 2.05) is 12.1 Å². The van der Waals surface area contributed by atoms with Crippen molar-refractivity contribution in [2.45, 2.75) is 65.2 Å². The van der Waals surface area contributed by atoms with Crippen LogP contribution in [0.4, 0.5) is 0 Å². The zero-order valence-electron chi connectivity index (χ0n) is 13.0. The predicted octanol–water partition coefficient (Wildman–Crippen LogP) is 5.21. The van der Waals surface area contributed by atoms with Crippen LogP contribution in [0.5, 0.6) is 11.5 Å². The lowest BCUT2D eigenvalue weighted by atomic mass is 10.2. The summed E-state index contributed by atoms with van der Waals surface area (Å²) in [5.74, 6) is 1.51. The van der Waals surface area contributed by atoms with E-state index in [1.54, 1.807) is 0 Å². The van der Waals surface area contributed by atoms with Gasteiger partial charge in [-0.05, 0) is 31.0 Å². The first-order chi connectivity index (χ1) is 9.88. The number of hydrogen-bond donors (Lipinski definition) is 0. The number of unbranched alkanes of at least 4 members (excludes halogenated alkanes) is 6. The maximum absolute atomic E-state index is 5.79. The maximum Gasteiger partial charge on any atom is 0.213 e. The molecule has 0 fully saturated rings. The molecule has 20 heavy (non-hydrogen) atoms. The summed E-state index contributed by atoms with van der Waals surface area (Å²) in [4.78, 5) is 0. The van der Waals surface area contributed by atoms with E-state index < -0.39 is 0 Å². The van der Waals surface area contributed by atoms with Crippen molar-refractivity contribution in [3.05, 3.63) is 24.3 Å². The molecular formula is C18H28O2. The lowest BCUT2D eigenvalue weighted by Crippen LogP contribution is -2.02. The van der Waals surface area contributed by atoms with E-state index in [4.69, 9.17) is 9.47 Å². The third kappa shape index (κ3) is 7.28. The van der Waals surface area contributed by atoms with Gasteiger partial charge < -0.3 is 9.47 Å². The van der Waals surface area contributed by atoms with E-state index in [0.717, 1.165) is 31.8 Å². The van der Waals surface area contributed by atoms with Crippen LogP contribution in [0.15, 0.2) is 12.1 Å². The number of rotatable bonds is 12. The van der Waals surface area contributed by atoms with Crippen LogP contribution in [-0.4, -0.2) is 13.2 Å². The molecule has 0 radical (unpaired) electrons. The Morgan fingerprint density at radius 3 is 2.15 bits per heavy atom. The Kier molecular flexibility index (Phi) is 9.57. The Morgan fingerprint density at radius 2 is 1.50 bits per heavy atom. The summed E-state index contributed by atoms with van der Waals surface area (Å²) in [5, 5.41) is 0. The van der Waals surface area contributed by atoms with E-state index in [0.29, 0.717) is 5.75 Å². The van der Waals surface area contributed by atoms with Crippen molar-refractivity contribution in [2.75, 3.05) is 13.2 Å². The Balaban J connectivity index is 2.27. The van der Waals surface area contributed by atoms with Crippen LogP contribution in [0, 0.1) is 12.1 Å². The molecule has 0 bridgehead atoms. The average molecular weight is 276 g/mol. The fraction of sp³-hybridized carbons (Fsp3) is 0.667. The quantitative estimate of drug-likeness (QED) is 0.488. The van der Waals surface area contributed by atoms with Crippen molar-refractivity contribution in [3.8, 4) is 11.5 Å². The first-order valence-electron chi connectivity index (χ1n) is 8.06. The number of hydrogen-bond acceptors (Lipinski definition) is 2. The van der Waals surface area contributed by atoms with Gasteiger partial charge in [-0.1, -0.05) is 58.4 Å². The molecule has 2 nitrogen and oxygen atoms in total. The molecular weight excluding hydrogens is 248 g/mol. The molecule has 0 saturated carbocycles. The van der Waals surface area contributed by atoms with Gasteiger partial charge in [0, 0.05) is 0 Å². The highest BCUT2D eigenvalue weighted by molar-refractivity contribution is 5.35. The van der Waals surface area contributed by atoms with Gasteiger partial charge in [-0.2, -0.15) is 0 Å². The normalized spacial score (nSPS) is 10.1.